The minimum absolute atomic E-state index is 0.169. The molecule has 1 aliphatic carbocycles. The Morgan fingerprint density at radius 1 is 1.30 bits per heavy atom. The first-order valence-corrected chi connectivity index (χ1v) is 11.2. The smallest absolute Gasteiger partial charge is 0.246 e. The molecule has 0 spiro atoms. The number of primary amides is 1. The van der Waals surface area contributed by atoms with E-state index in [-0.39, 0.29) is 24.3 Å². The number of aromatic nitrogens is 2. The summed E-state index contributed by atoms with van der Waals surface area (Å²) in [5.74, 6) is 0.218. The van der Waals surface area contributed by atoms with E-state index in [9.17, 15) is 14.9 Å². The highest BCUT2D eigenvalue weighted by Crippen LogP contribution is 2.40. The molecule has 170 valence electrons. The molecule has 1 aliphatic heterocycles. The van der Waals surface area contributed by atoms with Gasteiger partial charge in [-0.25, -0.2) is 9.97 Å². The molecule has 2 aliphatic rings. The fourth-order valence-corrected chi connectivity index (χ4v) is 5.16. The SMILES string of the molecule is C=CC(=O)N1CCN(c2cc(CC3(C(N)=O)CCCc4ccccc43)ncn2)C[C@@H]1CC#N. The van der Waals surface area contributed by atoms with Gasteiger partial charge in [0.05, 0.1) is 23.9 Å². The highest BCUT2D eigenvalue weighted by atomic mass is 16.2. The number of anilines is 1. The van der Waals surface area contributed by atoms with E-state index < -0.39 is 5.41 Å². The van der Waals surface area contributed by atoms with Crippen LogP contribution in [0, 0.1) is 11.3 Å². The summed E-state index contributed by atoms with van der Waals surface area (Å²) in [5.41, 5.74) is 8.10. The number of hydrogen-bond donors (Lipinski definition) is 1. The highest BCUT2D eigenvalue weighted by molar-refractivity contribution is 5.88. The number of benzene rings is 1. The van der Waals surface area contributed by atoms with Crippen molar-refractivity contribution >= 4 is 17.6 Å². The molecule has 0 bridgehead atoms. The van der Waals surface area contributed by atoms with Gasteiger partial charge in [-0.1, -0.05) is 30.8 Å². The Labute approximate surface area is 193 Å². The topological polar surface area (TPSA) is 116 Å². The lowest BCUT2D eigenvalue weighted by atomic mass is 9.67. The molecule has 1 fully saturated rings. The maximum atomic E-state index is 12.8. The molecule has 8 heteroatoms. The number of nitrogens with zero attached hydrogens (tertiary/aromatic N) is 5. The van der Waals surface area contributed by atoms with Gasteiger partial charge >= 0.3 is 0 Å². The Balaban J connectivity index is 1.60. The number of hydrogen-bond acceptors (Lipinski definition) is 6. The average Bonchev–Trinajstić information content (AvgIpc) is 2.84. The standard InChI is InChI=1S/C25H28N6O2/c1-2-23(32)31-13-12-30(16-20(31)9-11-26)22-14-19(28-17-29-22)15-25(24(27)33)10-5-7-18-6-3-4-8-21(18)25/h2-4,6,8,14,17,20H,1,5,7,9-10,12-13,15-16H2,(H2,27,33)/t20-,25?/m0/s1. The lowest BCUT2D eigenvalue weighted by molar-refractivity contribution is -0.128. The van der Waals surface area contributed by atoms with Gasteiger partial charge in [-0.2, -0.15) is 5.26 Å². The number of carbonyl (C=O) groups is 2. The van der Waals surface area contributed by atoms with E-state index in [0.29, 0.717) is 32.5 Å². The van der Waals surface area contributed by atoms with Gasteiger partial charge in [0.2, 0.25) is 11.8 Å². The van der Waals surface area contributed by atoms with E-state index in [1.165, 1.54) is 18.0 Å². The van der Waals surface area contributed by atoms with Crippen molar-refractivity contribution in [3.8, 4) is 6.07 Å². The van der Waals surface area contributed by atoms with Crippen molar-refractivity contribution in [2.24, 2.45) is 5.73 Å². The normalized spacial score (nSPS) is 22.2. The highest BCUT2D eigenvalue weighted by Gasteiger charge is 2.42. The van der Waals surface area contributed by atoms with Crippen LogP contribution in [-0.4, -0.2) is 52.4 Å². The zero-order valence-corrected chi connectivity index (χ0v) is 18.6. The largest absolute Gasteiger partial charge is 0.369 e. The van der Waals surface area contributed by atoms with Gasteiger partial charge in [-0.15, -0.1) is 0 Å². The summed E-state index contributed by atoms with van der Waals surface area (Å²) in [6.45, 7) is 5.13. The van der Waals surface area contributed by atoms with Crippen molar-refractivity contribution in [2.75, 3.05) is 24.5 Å². The molecule has 4 rings (SSSR count). The molecule has 1 saturated heterocycles. The zero-order valence-electron chi connectivity index (χ0n) is 18.6. The molecule has 1 aromatic heterocycles. The second kappa shape index (κ2) is 9.41. The van der Waals surface area contributed by atoms with Crippen LogP contribution in [0.4, 0.5) is 5.82 Å². The lowest BCUT2D eigenvalue weighted by Gasteiger charge is -2.41. The lowest BCUT2D eigenvalue weighted by Crippen LogP contribution is -2.55. The van der Waals surface area contributed by atoms with Crippen molar-refractivity contribution < 1.29 is 9.59 Å². The number of carbonyl (C=O) groups excluding carboxylic acids is 2. The van der Waals surface area contributed by atoms with Crippen molar-refractivity contribution in [1.29, 1.82) is 5.26 Å². The number of piperazine rings is 1. The van der Waals surface area contributed by atoms with E-state index in [1.807, 2.05) is 24.3 Å². The molecule has 33 heavy (non-hydrogen) atoms. The minimum Gasteiger partial charge on any atom is -0.369 e. The van der Waals surface area contributed by atoms with Crippen LogP contribution in [-0.2, 0) is 27.8 Å². The van der Waals surface area contributed by atoms with Crippen LogP contribution in [0.25, 0.3) is 0 Å². The molecule has 1 aromatic carbocycles. The first kappa shape index (κ1) is 22.5. The number of nitriles is 1. The number of rotatable bonds is 6. The van der Waals surface area contributed by atoms with Crippen molar-refractivity contribution in [3.05, 3.63) is 66.1 Å². The third-order valence-electron chi connectivity index (χ3n) is 6.84. The Bertz CT molecular complexity index is 1110. The van der Waals surface area contributed by atoms with Crippen LogP contribution in [0.3, 0.4) is 0 Å². The number of aryl methyl sites for hydroxylation is 1. The Hall–Kier alpha value is -3.73. The maximum absolute atomic E-state index is 12.8. The van der Waals surface area contributed by atoms with Gasteiger partial charge in [0.15, 0.2) is 0 Å². The summed E-state index contributed by atoms with van der Waals surface area (Å²) < 4.78 is 0. The van der Waals surface area contributed by atoms with Gasteiger partial charge in [0, 0.05) is 37.8 Å². The Kier molecular flexibility index (Phi) is 6.40. The van der Waals surface area contributed by atoms with Crippen molar-refractivity contribution in [1.82, 2.24) is 14.9 Å². The number of fused-ring (bicyclic) bond motifs is 1. The average molecular weight is 445 g/mol. The first-order chi connectivity index (χ1) is 16.0. The number of nitrogens with two attached hydrogens (primary N) is 1. The third-order valence-corrected chi connectivity index (χ3v) is 6.84. The van der Waals surface area contributed by atoms with Crippen LogP contribution in [0.15, 0.2) is 49.3 Å². The monoisotopic (exact) mass is 444 g/mol. The molecular formula is C25H28N6O2. The molecule has 2 N–H and O–H groups in total. The summed E-state index contributed by atoms with van der Waals surface area (Å²) in [4.78, 5) is 37.6. The second-order valence-corrected chi connectivity index (χ2v) is 8.70. The zero-order chi connectivity index (χ0) is 23.4. The molecule has 1 unspecified atom stereocenters. The second-order valence-electron chi connectivity index (χ2n) is 8.70. The van der Waals surface area contributed by atoms with Gasteiger partial charge in [-0.05, 0) is 36.5 Å². The van der Waals surface area contributed by atoms with Crippen LogP contribution >= 0.6 is 0 Å². The molecule has 2 heterocycles. The molecular weight excluding hydrogens is 416 g/mol. The Morgan fingerprint density at radius 3 is 2.88 bits per heavy atom. The van der Waals surface area contributed by atoms with Gasteiger partial charge in [0.25, 0.3) is 0 Å². The van der Waals surface area contributed by atoms with Crippen molar-refractivity contribution in [2.45, 2.75) is 43.6 Å². The maximum Gasteiger partial charge on any atom is 0.246 e. The fourth-order valence-electron chi connectivity index (χ4n) is 5.16. The summed E-state index contributed by atoms with van der Waals surface area (Å²) in [6, 6.07) is 11.8. The predicted molar refractivity (Wildman–Crippen MR) is 124 cm³/mol. The van der Waals surface area contributed by atoms with E-state index >= 15 is 0 Å². The van der Waals surface area contributed by atoms with E-state index in [0.717, 1.165) is 29.9 Å². The third kappa shape index (κ3) is 4.31. The molecule has 0 radical (unpaired) electrons. The number of amides is 2. The fraction of sp³-hybridized carbons (Fsp3) is 0.400. The van der Waals surface area contributed by atoms with Gasteiger partial charge in [0.1, 0.15) is 12.1 Å². The molecule has 2 aromatic rings. The first-order valence-electron chi connectivity index (χ1n) is 11.2. The van der Waals surface area contributed by atoms with Gasteiger partial charge < -0.3 is 15.5 Å². The predicted octanol–water partition coefficient (Wildman–Crippen LogP) is 1.90. The van der Waals surface area contributed by atoms with Crippen LogP contribution in [0.1, 0.15) is 36.1 Å². The minimum atomic E-state index is -0.793. The molecule has 2 amide bonds. The van der Waals surface area contributed by atoms with E-state index in [4.69, 9.17) is 5.73 Å². The molecule has 0 saturated carbocycles. The van der Waals surface area contributed by atoms with Crippen molar-refractivity contribution in [3.63, 3.8) is 0 Å². The van der Waals surface area contributed by atoms with E-state index in [1.54, 1.807) is 4.90 Å². The summed E-state index contributed by atoms with van der Waals surface area (Å²) in [5, 5.41) is 9.23. The molecule has 2 atom stereocenters. The van der Waals surface area contributed by atoms with Crippen LogP contribution in [0.2, 0.25) is 0 Å². The van der Waals surface area contributed by atoms with Crippen LogP contribution < -0.4 is 10.6 Å². The van der Waals surface area contributed by atoms with E-state index in [2.05, 4.69) is 33.6 Å². The van der Waals surface area contributed by atoms with Crippen LogP contribution in [0.5, 0.6) is 0 Å². The Morgan fingerprint density at radius 2 is 2.12 bits per heavy atom. The summed E-state index contributed by atoms with van der Waals surface area (Å²) in [7, 11) is 0. The summed E-state index contributed by atoms with van der Waals surface area (Å²) >= 11 is 0. The van der Waals surface area contributed by atoms with Gasteiger partial charge in [-0.3, -0.25) is 9.59 Å². The molecule has 8 nitrogen and oxygen atoms in total. The summed E-state index contributed by atoms with van der Waals surface area (Å²) in [6.07, 6.45) is 5.95. The quantitative estimate of drug-likeness (QED) is 0.680.